The second-order valence-corrected chi connectivity index (χ2v) is 5.32. The minimum atomic E-state index is -0.406. The number of hydrogen-bond acceptors (Lipinski definition) is 4. The van der Waals surface area contributed by atoms with Gasteiger partial charge in [0, 0.05) is 12.6 Å². The summed E-state index contributed by atoms with van der Waals surface area (Å²) < 4.78 is 5.28. The van der Waals surface area contributed by atoms with Crippen molar-refractivity contribution in [2.24, 2.45) is 11.1 Å². The first-order valence-corrected chi connectivity index (χ1v) is 7.30. The van der Waals surface area contributed by atoms with Crippen molar-refractivity contribution in [3.63, 3.8) is 0 Å². The highest BCUT2D eigenvalue weighted by molar-refractivity contribution is 5.95. The van der Waals surface area contributed by atoms with Crippen molar-refractivity contribution in [3.8, 4) is 5.88 Å². The quantitative estimate of drug-likeness (QED) is 0.866. The second-order valence-electron chi connectivity index (χ2n) is 5.32. The number of carbonyl (C=O) groups excluding carboxylic acids is 1. The number of pyridine rings is 1. The van der Waals surface area contributed by atoms with Gasteiger partial charge in [0.1, 0.15) is 0 Å². The highest BCUT2D eigenvalue weighted by Gasteiger charge is 2.38. The van der Waals surface area contributed by atoms with Gasteiger partial charge in [-0.05, 0) is 25.8 Å². The average Bonchev–Trinajstić information content (AvgIpc) is 2.50. The summed E-state index contributed by atoms with van der Waals surface area (Å²) in [5.41, 5.74) is 6.15. The molecule has 1 aromatic heterocycles. The largest absolute Gasteiger partial charge is 0.478 e. The molecule has 5 nitrogen and oxygen atoms in total. The van der Waals surface area contributed by atoms with Crippen LogP contribution in [0.15, 0.2) is 18.3 Å². The summed E-state index contributed by atoms with van der Waals surface area (Å²) in [5, 5.41) is 2.94. The molecule has 0 atom stereocenters. The fraction of sp³-hybridized carbons (Fsp3) is 0.600. The Kier molecular flexibility index (Phi) is 4.95. The number of carbonyl (C=O) groups is 1. The van der Waals surface area contributed by atoms with E-state index in [1.54, 1.807) is 12.3 Å². The zero-order valence-electron chi connectivity index (χ0n) is 12.0. The molecule has 0 bridgehead atoms. The van der Waals surface area contributed by atoms with E-state index >= 15 is 0 Å². The second kappa shape index (κ2) is 6.70. The summed E-state index contributed by atoms with van der Waals surface area (Å²) in [7, 11) is 0. The number of rotatable bonds is 5. The van der Waals surface area contributed by atoms with Gasteiger partial charge in [-0.2, -0.15) is 0 Å². The monoisotopic (exact) mass is 277 g/mol. The fourth-order valence-electron chi connectivity index (χ4n) is 2.70. The predicted molar refractivity (Wildman–Crippen MR) is 78.6 cm³/mol. The van der Waals surface area contributed by atoms with Crippen molar-refractivity contribution in [3.05, 3.63) is 18.3 Å². The van der Waals surface area contributed by atoms with Crippen molar-refractivity contribution in [1.82, 2.24) is 4.98 Å². The zero-order chi connectivity index (χ0) is 14.4. The van der Waals surface area contributed by atoms with Crippen LogP contribution in [0.5, 0.6) is 5.88 Å². The zero-order valence-corrected chi connectivity index (χ0v) is 12.0. The maximum Gasteiger partial charge on any atom is 0.231 e. The average molecular weight is 277 g/mol. The Morgan fingerprint density at radius 3 is 2.70 bits per heavy atom. The first kappa shape index (κ1) is 14.8. The van der Waals surface area contributed by atoms with Gasteiger partial charge < -0.3 is 15.8 Å². The van der Waals surface area contributed by atoms with Crippen molar-refractivity contribution in [2.75, 3.05) is 18.5 Å². The van der Waals surface area contributed by atoms with Crippen molar-refractivity contribution >= 4 is 11.6 Å². The molecule has 3 N–H and O–H groups in total. The van der Waals surface area contributed by atoms with Crippen molar-refractivity contribution < 1.29 is 9.53 Å². The molecule has 0 radical (unpaired) electrons. The molecule has 110 valence electrons. The molecule has 2 rings (SSSR count). The van der Waals surface area contributed by atoms with Gasteiger partial charge in [-0.1, -0.05) is 19.3 Å². The van der Waals surface area contributed by atoms with Crippen molar-refractivity contribution in [2.45, 2.75) is 39.0 Å². The van der Waals surface area contributed by atoms with E-state index in [0.29, 0.717) is 24.7 Å². The molecule has 0 spiro atoms. The number of aromatic nitrogens is 1. The smallest absolute Gasteiger partial charge is 0.231 e. The van der Waals surface area contributed by atoms with Gasteiger partial charge in [-0.3, -0.25) is 4.79 Å². The maximum absolute atomic E-state index is 12.5. The molecular formula is C15H23N3O2. The molecule has 20 heavy (non-hydrogen) atoms. The van der Waals surface area contributed by atoms with E-state index in [4.69, 9.17) is 10.5 Å². The Morgan fingerprint density at radius 1 is 1.40 bits per heavy atom. The lowest BCUT2D eigenvalue weighted by atomic mass is 9.73. The predicted octanol–water partition coefficient (Wildman–Crippen LogP) is 2.33. The molecule has 1 aliphatic rings. The van der Waals surface area contributed by atoms with Crippen LogP contribution in [0.2, 0.25) is 0 Å². The summed E-state index contributed by atoms with van der Waals surface area (Å²) in [4.78, 5) is 16.6. The first-order valence-electron chi connectivity index (χ1n) is 7.30. The van der Waals surface area contributed by atoms with E-state index in [2.05, 4.69) is 10.3 Å². The van der Waals surface area contributed by atoms with Gasteiger partial charge in [0.25, 0.3) is 0 Å². The molecule has 1 saturated carbocycles. The number of anilines is 1. The number of amides is 1. The standard InChI is InChI=1S/C15H23N3O2/c1-2-20-13-7-6-12(10-17-13)18-14(19)15(11-16)8-4-3-5-9-15/h6-7,10H,2-5,8-9,11,16H2,1H3,(H,18,19). The Morgan fingerprint density at radius 2 is 2.15 bits per heavy atom. The molecule has 0 unspecified atom stereocenters. The molecule has 1 aliphatic carbocycles. The molecule has 0 aliphatic heterocycles. The fourth-order valence-corrected chi connectivity index (χ4v) is 2.70. The van der Waals surface area contributed by atoms with Crippen LogP contribution in [0.3, 0.4) is 0 Å². The molecule has 1 heterocycles. The Labute approximate surface area is 119 Å². The Hall–Kier alpha value is -1.62. The lowest BCUT2D eigenvalue weighted by Crippen LogP contribution is -2.43. The molecule has 0 saturated heterocycles. The van der Waals surface area contributed by atoms with Crippen LogP contribution in [0.4, 0.5) is 5.69 Å². The van der Waals surface area contributed by atoms with E-state index in [-0.39, 0.29) is 5.91 Å². The van der Waals surface area contributed by atoms with Crippen LogP contribution in [0.1, 0.15) is 39.0 Å². The summed E-state index contributed by atoms with van der Waals surface area (Å²) in [5.74, 6) is 0.586. The Bertz CT molecular complexity index is 439. The third kappa shape index (κ3) is 3.28. The molecular weight excluding hydrogens is 254 g/mol. The third-order valence-corrected chi connectivity index (χ3v) is 3.97. The van der Waals surface area contributed by atoms with Crippen LogP contribution in [-0.4, -0.2) is 24.0 Å². The molecule has 5 heteroatoms. The van der Waals surface area contributed by atoms with E-state index in [1.165, 1.54) is 6.42 Å². The number of nitrogens with two attached hydrogens (primary N) is 1. The van der Waals surface area contributed by atoms with E-state index in [1.807, 2.05) is 13.0 Å². The maximum atomic E-state index is 12.5. The number of nitrogens with zero attached hydrogens (tertiary/aromatic N) is 1. The van der Waals surface area contributed by atoms with Crippen molar-refractivity contribution in [1.29, 1.82) is 0 Å². The summed E-state index contributed by atoms with van der Waals surface area (Å²) in [6.07, 6.45) is 6.72. The number of ether oxygens (including phenoxy) is 1. The van der Waals surface area contributed by atoms with Gasteiger partial charge in [0.2, 0.25) is 11.8 Å². The molecule has 1 amide bonds. The lowest BCUT2D eigenvalue weighted by Gasteiger charge is -2.34. The van der Waals surface area contributed by atoms with Crippen LogP contribution in [0, 0.1) is 5.41 Å². The van der Waals surface area contributed by atoms with E-state index in [9.17, 15) is 4.79 Å². The normalized spacial score (nSPS) is 17.5. The van der Waals surface area contributed by atoms with Crippen LogP contribution < -0.4 is 15.8 Å². The number of hydrogen-bond donors (Lipinski definition) is 2. The number of nitrogens with one attached hydrogen (secondary N) is 1. The SMILES string of the molecule is CCOc1ccc(NC(=O)C2(CN)CCCCC2)cn1. The first-order chi connectivity index (χ1) is 9.70. The summed E-state index contributed by atoms with van der Waals surface area (Å²) in [6, 6.07) is 3.57. The molecule has 1 aromatic rings. The minimum Gasteiger partial charge on any atom is -0.478 e. The van der Waals surface area contributed by atoms with Crippen LogP contribution >= 0.6 is 0 Å². The van der Waals surface area contributed by atoms with E-state index < -0.39 is 5.41 Å². The molecule has 1 fully saturated rings. The summed E-state index contributed by atoms with van der Waals surface area (Å²) in [6.45, 7) is 2.89. The molecule has 0 aromatic carbocycles. The van der Waals surface area contributed by atoms with E-state index in [0.717, 1.165) is 25.7 Å². The van der Waals surface area contributed by atoms with Crippen LogP contribution in [-0.2, 0) is 4.79 Å². The topological polar surface area (TPSA) is 77.2 Å². The van der Waals surface area contributed by atoms with Gasteiger partial charge in [0.15, 0.2) is 0 Å². The van der Waals surface area contributed by atoms with Gasteiger partial charge in [-0.25, -0.2) is 4.98 Å². The lowest BCUT2D eigenvalue weighted by molar-refractivity contribution is -0.126. The Balaban J connectivity index is 2.02. The van der Waals surface area contributed by atoms with Gasteiger partial charge in [0.05, 0.1) is 23.9 Å². The van der Waals surface area contributed by atoms with Gasteiger partial charge >= 0.3 is 0 Å². The van der Waals surface area contributed by atoms with Gasteiger partial charge in [-0.15, -0.1) is 0 Å². The third-order valence-electron chi connectivity index (χ3n) is 3.97. The minimum absolute atomic E-state index is 0.0191. The highest BCUT2D eigenvalue weighted by Crippen LogP contribution is 2.36. The summed E-state index contributed by atoms with van der Waals surface area (Å²) >= 11 is 0. The van der Waals surface area contributed by atoms with Crippen LogP contribution in [0.25, 0.3) is 0 Å². The highest BCUT2D eigenvalue weighted by atomic mass is 16.5.